The standard InChI is InChI=1S/C56H106NO7P/c1-6-8-10-12-14-16-18-20-22-24-26-28-30-32-34-36-38-40-42-44-46-48-51-61-53-55(54-63-65(59,60)62-52-50-57(3,4)5)64-56(58)49-47-45-43-41-39-37-35-33-31-29-27-25-23-21-19-17-15-13-11-9-7-2/h18,20,24-27,30,32,55H,6-17,19,21-23,28-29,31,33-54H2,1-5H3/b20-18-,26-24-,27-25-,32-30-. The fourth-order valence-electron chi connectivity index (χ4n) is 7.61. The first kappa shape index (κ1) is 63.5. The molecule has 0 heterocycles. The lowest BCUT2D eigenvalue weighted by Crippen LogP contribution is -2.37. The average Bonchev–Trinajstić information content (AvgIpc) is 3.27. The highest BCUT2D eigenvalue weighted by Crippen LogP contribution is 2.38. The number of esters is 1. The Hall–Kier alpha value is -1.54. The van der Waals surface area contributed by atoms with Crippen molar-refractivity contribution in [3.8, 4) is 0 Å². The molecule has 0 fully saturated rings. The van der Waals surface area contributed by atoms with Crippen molar-refractivity contribution in [3.63, 3.8) is 0 Å². The van der Waals surface area contributed by atoms with E-state index in [1.54, 1.807) is 0 Å². The number of hydrogen-bond donors (Lipinski definition) is 0. The van der Waals surface area contributed by atoms with Crippen LogP contribution in [-0.4, -0.2) is 70.7 Å². The van der Waals surface area contributed by atoms with Crippen LogP contribution in [-0.2, 0) is 27.9 Å². The Bertz CT molecular complexity index is 1180. The Morgan fingerprint density at radius 3 is 1.28 bits per heavy atom. The summed E-state index contributed by atoms with van der Waals surface area (Å²) in [5, 5.41) is 0. The number of carbonyl (C=O) groups is 1. The lowest BCUT2D eigenvalue weighted by Gasteiger charge is -2.28. The van der Waals surface area contributed by atoms with E-state index in [1.807, 2.05) is 21.1 Å². The Morgan fingerprint density at radius 1 is 0.477 bits per heavy atom. The Morgan fingerprint density at radius 2 is 0.846 bits per heavy atom. The molecule has 0 aliphatic carbocycles. The predicted molar refractivity (Wildman–Crippen MR) is 277 cm³/mol. The van der Waals surface area contributed by atoms with E-state index in [1.165, 1.54) is 173 Å². The number of likely N-dealkylation sites (N-methyl/N-ethyl adjacent to an activating group) is 1. The van der Waals surface area contributed by atoms with Gasteiger partial charge in [0.2, 0.25) is 0 Å². The molecule has 0 aromatic rings. The van der Waals surface area contributed by atoms with Gasteiger partial charge in [0.15, 0.2) is 0 Å². The first-order valence-corrected chi connectivity index (χ1v) is 28.8. The third-order valence-electron chi connectivity index (χ3n) is 11.9. The number of carbonyl (C=O) groups excluding carboxylic acids is 1. The van der Waals surface area contributed by atoms with Gasteiger partial charge < -0.3 is 27.9 Å². The number of quaternary nitrogens is 1. The van der Waals surface area contributed by atoms with Crippen LogP contribution >= 0.6 is 7.82 Å². The molecular formula is C56H106NO7P. The molecule has 0 aliphatic rings. The highest BCUT2D eigenvalue weighted by molar-refractivity contribution is 7.45. The minimum atomic E-state index is -4.54. The lowest BCUT2D eigenvalue weighted by molar-refractivity contribution is -0.870. The number of phosphoric acid groups is 1. The maximum Gasteiger partial charge on any atom is 0.306 e. The summed E-state index contributed by atoms with van der Waals surface area (Å²) in [4.78, 5) is 25.2. The zero-order chi connectivity index (χ0) is 47.6. The van der Waals surface area contributed by atoms with E-state index < -0.39 is 13.9 Å². The van der Waals surface area contributed by atoms with Crippen LogP contribution in [0.2, 0.25) is 0 Å². The molecule has 2 unspecified atom stereocenters. The van der Waals surface area contributed by atoms with Crippen LogP contribution < -0.4 is 4.89 Å². The van der Waals surface area contributed by atoms with Crippen molar-refractivity contribution in [2.24, 2.45) is 0 Å². The fourth-order valence-corrected chi connectivity index (χ4v) is 8.34. The second kappa shape index (κ2) is 48.9. The van der Waals surface area contributed by atoms with Gasteiger partial charge in [-0.15, -0.1) is 0 Å². The lowest BCUT2D eigenvalue weighted by atomic mass is 10.1. The Kier molecular flexibility index (Phi) is 47.7. The van der Waals surface area contributed by atoms with Gasteiger partial charge in [-0.1, -0.05) is 210 Å². The number of phosphoric ester groups is 1. The minimum absolute atomic E-state index is 0.0228. The highest BCUT2D eigenvalue weighted by atomic mass is 31.2. The van der Waals surface area contributed by atoms with Gasteiger partial charge in [-0.25, -0.2) is 0 Å². The largest absolute Gasteiger partial charge is 0.756 e. The Labute approximate surface area is 403 Å². The predicted octanol–water partition coefficient (Wildman–Crippen LogP) is 16.4. The summed E-state index contributed by atoms with van der Waals surface area (Å²) in [6.45, 7) is 5.40. The van der Waals surface area contributed by atoms with Gasteiger partial charge in [0.1, 0.15) is 19.3 Å². The molecule has 0 aromatic carbocycles. The van der Waals surface area contributed by atoms with Gasteiger partial charge in [-0.3, -0.25) is 9.36 Å². The first-order chi connectivity index (χ1) is 31.6. The number of hydrogen-bond acceptors (Lipinski definition) is 7. The normalized spacial score (nSPS) is 13.9. The topological polar surface area (TPSA) is 94.1 Å². The highest BCUT2D eigenvalue weighted by Gasteiger charge is 2.20. The van der Waals surface area contributed by atoms with Crippen LogP contribution in [0.1, 0.15) is 245 Å². The SMILES string of the molecule is CCCCCCC/C=C\C/C=C\C/C=C\CCCCCCCCCOCC(COP(=O)([O-])OCC[N+](C)(C)C)OC(=O)CCCCCCCCCCC/C=C\CCCCCCCCCC. The summed E-state index contributed by atoms with van der Waals surface area (Å²) in [6, 6.07) is 0. The molecule has 0 radical (unpaired) electrons. The van der Waals surface area contributed by atoms with E-state index in [2.05, 4.69) is 62.5 Å². The van der Waals surface area contributed by atoms with E-state index in [9.17, 15) is 14.3 Å². The van der Waals surface area contributed by atoms with Gasteiger partial charge in [0.25, 0.3) is 7.82 Å². The number of allylic oxidation sites excluding steroid dienone is 8. The molecule has 2 atom stereocenters. The van der Waals surface area contributed by atoms with Gasteiger partial charge in [-0.2, -0.15) is 0 Å². The summed E-state index contributed by atoms with van der Waals surface area (Å²) in [5.74, 6) is -0.338. The van der Waals surface area contributed by atoms with Crippen LogP contribution in [0.5, 0.6) is 0 Å². The van der Waals surface area contributed by atoms with Gasteiger partial charge in [0, 0.05) is 13.0 Å². The van der Waals surface area contributed by atoms with Crippen molar-refractivity contribution < 1.29 is 37.3 Å². The summed E-state index contributed by atoms with van der Waals surface area (Å²) < 4.78 is 34.8. The number of ether oxygens (including phenoxy) is 2. The molecule has 382 valence electrons. The maximum absolute atomic E-state index is 12.8. The molecule has 0 saturated heterocycles. The quantitative estimate of drug-likeness (QED) is 0.0197. The second-order valence-electron chi connectivity index (χ2n) is 19.6. The van der Waals surface area contributed by atoms with E-state index in [0.29, 0.717) is 24.1 Å². The summed E-state index contributed by atoms with van der Waals surface area (Å²) in [7, 11) is 1.35. The molecule has 0 saturated carbocycles. The molecule has 0 rings (SSSR count). The first-order valence-electron chi connectivity index (χ1n) is 27.4. The van der Waals surface area contributed by atoms with Gasteiger partial charge in [0.05, 0.1) is 34.4 Å². The molecular weight excluding hydrogens is 830 g/mol. The van der Waals surface area contributed by atoms with E-state index >= 15 is 0 Å². The molecule has 0 spiro atoms. The molecule has 0 aliphatic heterocycles. The Balaban J connectivity index is 4.14. The van der Waals surface area contributed by atoms with Crippen molar-refractivity contribution in [2.45, 2.75) is 251 Å². The van der Waals surface area contributed by atoms with E-state index in [-0.39, 0.29) is 25.8 Å². The minimum Gasteiger partial charge on any atom is -0.756 e. The molecule has 0 N–H and O–H groups in total. The smallest absolute Gasteiger partial charge is 0.306 e. The van der Waals surface area contributed by atoms with E-state index in [0.717, 1.165) is 51.4 Å². The van der Waals surface area contributed by atoms with Crippen molar-refractivity contribution in [1.29, 1.82) is 0 Å². The second-order valence-corrected chi connectivity index (χ2v) is 21.0. The summed E-state index contributed by atoms with van der Waals surface area (Å²) in [6.07, 6.45) is 61.4. The zero-order valence-corrected chi connectivity index (χ0v) is 44.3. The van der Waals surface area contributed by atoms with E-state index in [4.69, 9.17) is 18.5 Å². The van der Waals surface area contributed by atoms with Crippen LogP contribution in [0, 0.1) is 0 Å². The fraction of sp³-hybridized carbons (Fsp3) is 0.839. The van der Waals surface area contributed by atoms with Crippen LogP contribution in [0.3, 0.4) is 0 Å². The molecule has 9 heteroatoms. The molecule has 0 amide bonds. The molecule has 8 nitrogen and oxygen atoms in total. The molecule has 0 aromatic heterocycles. The number of unbranched alkanes of at least 4 members (excludes halogenated alkanes) is 29. The van der Waals surface area contributed by atoms with Crippen LogP contribution in [0.15, 0.2) is 48.6 Å². The number of rotatable bonds is 51. The zero-order valence-electron chi connectivity index (χ0n) is 43.4. The summed E-state index contributed by atoms with van der Waals surface area (Å²) in [5.41, 5.74) is 0. The van der Waals surface area contributed by atoms with Crippen LogP contribution in [0.25, 0.3) is 0 Å². The van der Waals surface area contributed by atoms with Crippen molar-refractivity contribution >= 4 is 13.8 Å². The van der Waals surface area contributed by atoms with Crippen molar-refractivity contribution in [3.05, 3.63) is 48.6 Å². The van der Waals surface area contributed by atoms with Crippen molar-refractivity contribution in [1.82, 2.24) is 0 Å². The van der Waals surface area contributed by atoms with Crippen molar-refractivity contribution in [2.75, 3.05) is 54.1 Å². The number of nitrogens with zero attached hydrogens (tertiary/aromatic N) is 1. The van der Waals surface area contributed by atoms with Crippen LogP contribution in [0.4, 0.5) is 0 Å². The summed E-state index contributed by atoms with van der Waals surface area (Å²) >= 11 is 0. The van der Waals surface area contributed by atoms with Gasteiger partial charge >= 0.3 is 5.97 Å². The molecule has 0 bridgehead atoms. The third kappa shape index (κ3) is 53.3. The molecule has 65 heavy (non-hydrogen) atoms. The average molecular weight is 936 g/mol. The maximum atomic E-state index is 12.8. The van der Waals surface area contributed by atoms with Gasteiger partial charge in [-0.05, 0) is 77.0 Å². The monoisotopic (exact) mass is 936 g/mol. The third-order valence-corrected chi connectivity index (χ3v) is 12.8.